The van der Waals surface area contributed by atoms with Crippen molar-refractivity contribution >= 4 is 11.6 Å². The van der Waals surface area contributed by atoms with Crippen LogP contribution in [-0.4, -0.2) is 36.5 Å². The molecule has 0 saturated carbocycles. The summed E-state index contributed by atoms with van der Waals surface area (Å²) in [5, 5.41) is 3.11. The first-order chi connectivity index (χ1) is 10.1. The van der Waals surface area contributed by atoms with Crippen molar-refractivity contribution in [2.45, 2.75) is 44.2 Å². The van der Waals surface area contributed by atoms with E-state index in [4.69, 9.17) is 5.73 Å². The number of benzene rings is 1. The van der Waals surface area contributed by atoms with Crippen LogP contribution in [0.25, 0.3) is 0 Å². The first kappa shape index (κ1) is 14.4. The Balaban J connectivity index is 1.46. The second-order valence-electron chi connectivity index (χ2n) is 6.61. The highest BCUT2D eigenvalue weighted by molar-refractivity contribution is 5.78. The minimum absolute atomic E-state index is 0.104. The highest BCUT2D eigenvalue weighted by Crippen LogP contribution is 2.36. The van der Waals surface area contributed by atoms with Crippen molar-refractivity contribution in [3.8, 4) is 0 Å². The first-order valence-corrected chi connectivity index (χ1v) is 7.95. The number of hydrogen-bond donors (Lipinski definition) is 2. The molecule has 4 nitrogen and oxygen atoms in total. The lowest BCUT2D eigenvalue weighted by Gasteiger charge is -2.36. The number of nitrogens with zero attached hydrogens (tertiary/aromatic N) is 1. The van der Waals surface area contributed by atoms with Gasteiger partial charge in [0.25, 0.3) is 0 Å². The van der Waals surface area contributed by atoms with Crippen molar-refractivity contribution in [1.82, 2.24) is 10.2 Å². The van der Waals surface area contributed by atoms with Crippen LogP contribution in [0.3, 0.4) is 0 Å². The third-order valence-corrected chi connectivity index (χ3v) is 5.10. The van der Waals surface area contributed by atoms with Crippen LogP contribution >= 0.6 is 0 Å². The second-order valence-corrected chi connectivity index (χ2v) is 6.61. The molecule has 2 unspecified atom stereocenters. The number of anilines is 1. The van der Waals surface area contributed by atoms with E-state index in [1.807, 2.05) is 24.3 Å². The summed E-state index contributed by atoms with van der Waals surface area (Å²) in [6.45, 7) is 0.821. The molecule has 2 bridgehead atoms. The fourth-order valence-electron chi connectivity index (χ4n) is 3.90. The van der Waals surface area contributed by atoms with Crippen LogP contribution in [-0.2, 0) is 11.2 Å². The van der Waals surface area contributed by atoms with Crippen LogP contribution < -0.4 is 11.1 Å². The summed E-state index contributed by atoms with van der Waals surface area (Å²) in [6, 6.07) is 9.03. The summed E-state index contributed by atoms with van der Waals surface area (Å²) < 4.78 is 0. The Morgan fingerprint density at radius 1 is 1.33 bits per heavy atom. The monoisotopic (exact) mass is 287 g/mol. The summed E-state index contributed by atoms with van der Waals surface area (Å²) in [5.41, 5.74) is 7.44. The molecule has 3 rings (SSSR count). The number of carbonyl (C=O) groups excluding carboxylic acids is 1. The van der Waals surface area contributed by atoms with Gasteiger partial charge in [-0.15, -0.1) is 0 Å². The Kier molecular flexibility index (Phi) is 4.15. The fraction of sp³-hybridized carbons (Fsp3) is 0.588. The van der Waals surface area contributed by atoms with Crippen molar-refractivity contribution in [3.05, 3.63) is 29.8 Å². The number of fused-ring (bicyclic) bond motifs is 2. The minimum Gasteiger partial charge on any atom is -0.399 e. The molecule has 2 aliphatic heterocycles. The molecule has 0 radical (unpaired) electrons. The Morgan fingerprint density at radius 3 is 2.71 bits per heavy atom. The van der Waals surface area contributed by atoms with Gasteiger partial charge in [0.05, 0.1) is 6.42 Å². The van der Waals surface area contributed by atoms with E-state index >= 15 is 0 Å². The zero-order valence-corrected chi connectivity index (χ0v) is 12.7. The van der Waals surface area contributed by atoms with Gasteiger partial charge in [-0.3, -0.25) is 4.79 Å². The lowest BCUT2D eigenvalue weighted by Crippen LogP contribution is -2.43. The molecule has 2 heterocycles. The van der Waals surface area contributed by atoms with Gasteiger partial charge in [-0.1, -0.05) is 12.1 Å². The number of carbonyl (C=O) groups is 1. The third-order valence-electron chi connectivity index (χ3n) is 5.10. The van der Waals surface area contributed by atoms with E-state index < -0.39 is 0 Å². The molecule has 0 aromatic heterocycles. The summed E-state index contributed by atoms with van der Waals surface area (Å²) in [4.78, 5) is 14.6. The van der Waals surface area contributed by atoms with Gasteiger partial charge in [0, 0.05) is 24.3 Å². The number of piperidine rings is 1. The Bertz CT molecular complexity index is 503. The molecule has 2 saturated heterocycles. The first-order valence-electron chi connectivity index (χ1n) is 7.95. The number of nitrogen functional groups attached to an aromatic ring is 1. The van der Waals surface area contributed by atoms with E-state index in [0.717, 1.165) is 24.2 Å². The van der Waals surface area contributed by atoms with Crippen LogP contribution in [0, 0.1) is 5.92 Å². The molecule has 1 amide bonds. The van der Waals surface area contributed by atoms with Crippen LogP contribution in [0.1, 0.15) is 31.2 Å². The Hall–Kier alpha value is -1.55. The number of nitrogens with two attached hydrogens (primary N) is 1. The SMILES string of the molecule is CN1C2CCC1CC(CNC(=O)Cc1cccc(N)c1)C2. The Labute approximate surface area is 126 Å². The van der Waals surface area contributed by atoms with E-state index in [-0.39, 0.29) is 5.91 Å². The van der Waals surface area contributed by atoms with Crippen molar-refractivity contribution in [2.24, 2.45) is 5.92 Å². The summed E-state index contributed by atoms with van der Waals surface area (Å²) in [7, 11) is 2.25. The molecule has 21 heavy (non-hydrogen) atoms. The van der Waals surface area contributed by atoms with Crippen molar-refractivity contribution in [2.75, 3.05) is 19.3 Å². The smallest absolute Gasteiger partial charge is 0.224 e. The maximum absolute atomic E-state index is 12.0. The molecule has 3 N–H and O–H groups in total. The molecule has 2 atom stereocenters. The van der Waals surface area contributed by atoms with Crippen LogP contribution in [0.15, 0.2) is 24.3 Å². The summed E-state index contributed by atoms with van der Waals surface area (Å²) in [5.74, 6) is 0.746. The third kappa shape index (κ3) is 3.38. The molecular formula is C17H25N3O. The van der Waals surface area contributed by atoms with Crippen LogP contribution in [0.2, 0.25) is 0 Å². The lowest BCUT2D eigenvalue weighted by molar-refractivity contribution is -0.120. The Morgan fingerprint density at radius 2 is 2.05 bits per heavy atom. The second kappa shape index (κ2) is 6.06. The van der Waals surface area contributed by atoms with Crippen LogP contribution in [0.4, 0.5) is 5.69 Å². The van der Waals surface area contributed by atoms with Gasteiger partial charge in [-0.2, -0.15) is 0 Å². The van der Waals surface area contributed by atoms with E-state index in [2.05, 4.69) is 17.3 Å². The summed E-state index contributed by atoms with van der Waals surface area (Å²) >= 11 is 0. The highest BCUT2D eigenvalue weighted by Gasteiger charge is 2.38. The van der Waals surface area contributed by atoms with E-state index in [9.17, 15) is 4.79 Å². The number of nitrogens with one attached hydrogen (secondary N) is 1. The minimum atomic E-state index is 0.104. The normalized spacial score (nSPS) is 28.5. The van der Waals surface area contributed by atoms with Gasteiger partial charge >= 0.3 is 0 Å². The largest absolute Gasteiger partial charge is 0.399 e. The van der Waals surface area contributed by atoms with Gasteiger partial charge in [-0.05, 0) is 56.3 Å². The molecule has 114 valence electrons. The number of hydrogen-bond acceptors (Lipinski definition) is 3. The molecule has 0 spiro atoms. The molecule has 2 fully saturated rings. The number of amides is 1. The molecule has 0 aliphatic carbocycles. The highest BCUT2D eigenvalue weighted by atomic mass is 16.1. The standard InChI is InChI=1S/C17H25N3O/c1-20-15-5-6-16(20)9-13(8-15)11-19-17(21)10-12-3-2-4-14(18)7-12/h2-4,7,13,15-16H,5-6,8-11,18H2,1H3,(H,19,21). The topological polar surface area (TPSA) is 58.4 Å². The zero-order chi connectivity index (χ0) is 14.8. The lowest BCUT2D eigenvalue weighted by atomic mass is 9.91. The van der Waals surface area contributed by atoms with Crippen molar-refractivity contribution in [3.63, 3.8) is 0 Å². The fourth-order valence-corrected chi connectivity index (χ4v) is 3.90. The summed E-state index contributed by atoms with van der Waals surface area (Å²) in [6.07, 6.45) is 5.53. The predicted octanol–water partition coefficient (Wildman–Crippen LogP) is 1.80. The molecule has 4 heteroatoms. The maximum atomic E-state index is 12.0. The van der Waals surface area contributed by atoms with Crippen LogP contribution in [0.5, 0.6) is 0 Å². The molecule has 2 aliphatic rings. The van der Waals surface area contributed by atoms with Gasteiger partial charge in [0.2, 0.25) is 5.91 Å². The predicted molar refractivity (Wildman–Crippen MR) is 84.9 cm³/mol. The maximum Gasteiger partial charge on any atom is 0.224 e. The quantitative estimate of drug-likeness (QED) is 0.830. The average molecular weight is 287 g/mol. The molecule has 1 aromatic rings. The molecule has 1 aromatic carbocycles. The van der Waals surface area contributed by atoms with Gasteiger partial charge in [-0.25, -0.2) is 0 Å². The van der Waals surface area contributed by atoms with E-state index in [1.165, 1.54) is 25.7 Å². The van der Waals surface area contributed by atoms with Crippen molar-refractivity contribution in [1.29, 1.82) is 0 Å². The average Bonchev–Trinajstić information content (AvgIpc) is 2.68. The van der Waals surface area contributed by atoms with E-state index in [1.54, 1.807) is 0 Å². The van der Waals surface area contributed by atoms with Gasteiger partial charge in [0.1, 0.15) is 0 Å². The molecular weight excluding hydrogens is 262 g/mol. The van der Waals surface area contributed by atoms with Gasteiger partial charge in [0.15, 0.2) is 0 Å². The zero-order valence-electron chi connectivity index (χ0n) is 12.7. The number of rotatable bonds is 4. The van der Waals surface area contributed by atoms with E-state index in [0.29, 0.717) is 18.0 Å². The van der Waals surface area contributed by atoms with Gasteiger partial charge < -0.3 is 16.0 Å². The van der Waals surface area contributed by atoms with Crippen molar-refractivity contribution < 1.29 is 4.79 Å².